The third kappa shape index (κ3) is 8.71. The molecule has 4 rings (SSSR count). The van der Waals surface area contributed by atoms with Gasteiger partial charge in [-0.25, -0.2) is 4.39 Å². The predicted octanol–water partition coefficient (Wildman–Crippen LogP) is 4.09. The summed E-state index contributed by atoms with van der Waals surface area (Å²) >= 11 is 0. The molecule has 0 unspecified atom stereocenters. The van der Waals surface area contributed by atoms with Crippen molar-refractivity contribution in [3.8, 4) is 0 Å². The lowest BCUT2D eigenvalue weighted by atomic mass is 10.0. The van der Waals surface area contributed by atoms with E-state index in [1.54, 1.807) is 12.1 Å². The summed E-state index contributed by atoms with van der Waals surface area (Å²) in [6, 6.07) is 27.1. The van der Waals surface area contributed by atoms with Gasteiger partial charge in [0.05, 0.1) is 6.61 Å². The minimum atomic E-state index is -0.996. The third-order valence-corrected chi connectivity index (χ3v) is 6.79. The minimum absolute atomic E-state index is 0.0657. The normalized spacial score (nSPS) is 12.3. The number of aryl methyl sites for hydroxylation is 1. The molecule has 7 nitrogen and oxygen atoms in total. The van der Waals surface area contributed by atoms with Crippen LogP contribution in [-0.2, 0) is 38.5 Å². The first-order valence-electron chi connectivity index (χ1n) is 13.5. The number of benzene rings is 4. The first-order valence-corrected chi connectivity index (χ1v) is 13.5. The molecule has 212 valence electrons. The van der Waals surface area contributed by atoms with Gasteiger partial charge in [0, 0.05) is 26.5 Å². The molecular weight excluding hydrogens is 521 g/mol. The van der Waals surface area contributed by atoms with E-state index in [1.807, 2.05) is 72.8 Å². The number of ether oxygens (including phenoxy) is 1. The number of carbonyl (C=O) groups excluding carboxylic acids is 3. The van der Waals surface area contributed by atoms with Gasteiger partial charge in [-0.2, -0.15) is 0 Å². The number of hydrogen-bond acceptors (Lipinski definition) is 4. The smallest absolute Gasteiger partial charge is 0.245 e. The molecule has 0 fully saturated rings. The van der Waals surface area contributed by atoms with E-state index in [9.17, 15) is 18.8 Å². The standard InChI is InChI=1S/C33H34FN3O4/c1-41-22-30(36-31(38)19-16-23-8-3-2-4-9-23)33(40)37-29(20-24-14-17-27(34)18-15-24)32(39)35-21-26-12-7-11-25-10-5-6-13-28(25)26/h2-15,17-18,29-30H,16,19-22H2,1H3,(H,35,39)(H,36,38)(H,37,40)/t29-,30-/m0/s1. The Labute approximate surface area is 239 Å². The Morgan fingerprint density at radius 2 is 1.46 bits per heavy atom. The lowest BCUT2D eigenvalue weighted by molar-refractivity contribution is -0.133. The van der Waals surface area contributed by atoms with Crippen molar-refractivity contribution in [3.05, 3.63) is 120 Å². The molecule has 41 heavy (non-hydrogen) atoms. The van der Waals surface area contributed by atoms with Crippen LogP contribution in [0.15, 0.2) is 97.1 Å². The Balaban J connectivity index is 1.44. The number of hydrogen-bond donors (Lipinski definition) is 3. The summed E-state index contributed by atoms with van der Waals surface area (Å²) in [6.45, 7) is 0.192. The van der Waals surface area contributed by atoms with E-state index in [2.05, 4.69) is 16.0 Å². The number of methoxy groups -OCH3 is 1. The molecule has 0 saturated heterocycles. The number of carbonyl (C=O) groups is 3. The zero-order chi connectivity index (χ0) is 29.0. The Bertz CT molecular complexity index is 1460. The van der Waals surface area contributed by atoms with Crippen LogP contribution in [0.1, 0.15) is 23.1 Å². The van der Waals surface area contributed by atoms with Gasteiger partial charge in [-0.05, 0) is 46.0 Å². The van der Waals surface area contributed by atoms with Gasteiger partial charge in [-0.3, -0.25) is 14.4 Å². The van der Waals surface area contributed by atoms with Crippen molar-refractivity contribution >= 4 is 28.5 Å². The molecule has 3 N–H and O–H groups in total. The van der Waals surface area contributed by atoms with E-state index < -0.39 is 29.7 Å². The van der Waals surface area contributed by atoms with Gasteiger partial charge in [-0.15, -0.1) is 0 Å². The van der Waals surface area contributed by atoms with E-state index >= 15 is 0 Å². The van der Waals surface area contributed by atoms with Crippen LogP contribution >= 0.6 is 0 Å². The van der Waals surface area contributed by atoms with Gasteiger partial charge in [0.25, 0.3) is 0 Å². The van der Waals surface area contributed by atoms with Crippen molar-refractivity contribution in [2.45, 2.75) is 37.9 Å². The Morgan fingerprint density at radius 1 is 0.756 bits per heavy atom. The Morgan fingerprint density at radius 3 is 2.22 bits per heavy atom. The molecule has 0 aliphatic heterocycles. The molecule has 2 atom stereocenters. The molecule has 0 heterocycles. The van der Waals surface area contributed by atoms with Gasteiger partial charge in [-0.1, -0.05) is 84.9 Å². The van der Waals surface area contributed by atoms with Crippen LogP contribution in [0.5, 0.6) is 0 Å². The Kier molecular flexibility index (Phi) is 10.6. The highest BCUT2D eigenvalue weighted by Gasteiger charge is 2.27. The topological polar surface area (TPSA) is 96.5 Å². The largest absolute Gasteiger partial charge is 0.382 e. The molecule has 0 bridgehead atoms. The van der Waals surface area contributed by atoms with Crippen LogP contribution in [0.4, 0.5) is 4.39 Å². The average Bonchev–Trinajstić information content (AvgIpc) is 2.99. The van der Waals surface area contributed by atoms with Gasteiger partial charge >= 0.3 is 0 Å². The van der Waals surface area contributed by atoms with E-state index in [4.69, 9.17) is 4.74 Å². The highest BCUT2D eigenvalue weighted by Crippen LogP contribution is 2.18. The lowest BCUT2D eigenvalue weighted by Gasteiger charge is -2.23. The molecule has 0 radical (unpaired) electrons. The first kappa shape index (κ1) is 29.4. The summed E-state index contributed by atoms with van der Waals surface area (Å²) < 4.78 is 18.7. The van der Waals surface area contributed by atoms with Crippen molar-refractivity contribution in [3.63, 3.8) is 0 Å². The van der Waals surface area contributed by atoms with Crippen molar-refractivity contribution in [2.24, 2.45) is 0 Å². The van der Waals surface area contributed by atoms with Crippen molar-refractivity contribution in [1.29, 1.82) is 0 Å². The molecule has 0 aliphatic carbocycles. The number of amides is 3. The zero-order valence-corrected chi connectivity index (χ0v) is 22.9. The first-order chi connectivity index (χ1) is 19.9. The maximum Gasteiger partial charge on any atom is 0.245 e. The second-order valence-corrected chi connectivity index (χ2v) is 9.81. The van der Waals surface area contributed by atoms with Crippen LogP contribution in [0.2, 0.25) is 0 Å². The fourth-order valence-electron chi connectivity index (χ4n) is 4.61. The lowest BCUT2D eigenvalue weighted by Crippen LogP contribution is -2.55. The van der Waals surface area contributed by atoms with E-state index in [-0.39, 0.29) is 31.9 Å². The summed E-state index contributed by atoms with van der Waals surface area (Å²) in [5.41, 5.74) is 2.62. The SMILES string of the molecule is COC[C@H](NC(=O)CCc1ccccc1)C(=O)N[C@@H](Cc1ccc(F)cc1)C(=O)NCc1cccc2ccccc12. The van der Waals surface area contributed by atoms with Crippen molar-refractivity contribution in [2.75, 3.05) is 13.7 Å². The van der Waals surface area contributed by atoms with E-state index in [1.165, 1.54) is 19.2 Å². The summed E-state index contributed by atoms with van der Waals surface area (Å²) in [6.07, 6.45) is 0.856. The number of rotatable bonds is 13. The van der Waals surface area contributed by atoms with Gasteiger partial charge < -0.3 is 20.7 Å². The quantitative estimate of drug-likeness (QED) is 0.232. The summed E-state index contributed by atoms with van der Waals surface area (Å²) in [7, 11) is 1.43. The Hall–Kier alpha value is -4.56. The molecule has 4 aromatic carbocycles. The number of fused-ring (bicyclic) bond motifs is 1. The summed E-state index contributed by atoms with van der Waals surface area (Å²) in [5.74, 6) is -1.65. The summed E-state index contributed by atoms with van der Waals surface area (Å²) in [5, 5.41) is 10.5. The van der Waals surface area contributed by atoms with Crippen molar-refractivity contribution < 1.29 is 23.5 Å². The van der Waals surface area contributed by atoms with Crippen LogP contribution in [0.3, 0.4) is 0 Å². The van der Waals surface area contributed by atoms with Crippen LogP contribution in [0, 0.1) is 5.82 Å². The molecular formula is C33H34FN3O4. The molecule has 0 aromatic heterocycles. The van der Waals surface area contributed by atoms with Gasteiger partial charge in [0.1, 0.15) is 17.9 Å². The predicted molar refractivity (Wildman–Crippen MR) is 156 cm³/mol. The number of nitrogens with one attached hydrogen (secondary N) is 3. The van der Waals surface area contributed by atoms with Crippen LogP contribution in [-0.4, -0.2) is 43.5 Å². The van der Waals surface area contributed by atoms with Gasteiger partial charge in [0.15, 0.2) is 0 Å². The second kappa shape index (κ2) is 14.7. The average molecular weight is 556 g/mol. The third-order valence-electron chi connectivity index (χ3n) is 6.79. The molecule has 0 spiro atoms. The van der Waals surface area contributed by atoms with Crippen molar-refractivity contribution in [1.82, 2.24) is 16.0 Å². The van der Waals surface area contributed by atoms with E-state index in [0.717, 1.165) is 21.9 Å². The molecule has 0 aliphatic rings. The fourth-order valence-corrected chi connectivity index (χ4v) is 4.61. The van der Waals surface area contributed by atoms with E-state index in [0.29, 0.717) is 12.0 Å². The van der Waals surface area contributed by atoms with Crippen LogP contribution in [0.25, 0.3) is 10.8 Å². The van der Waals surface area contributed by atoms with Gasteiger partial charge in [0.2, 0.25) is 17.7 Å². The zero-order valence-electron chi connectivity index (χ0n) is 22.9. The molecule has 0 saturated carbocycles. The maximum absolute atomic E-state index is 13.5. The molecule has 8 heteroatoms. The van der Waals surface area contributed by atoms with Crippen LogP contribution < -0.4 is 16.0 Å². The second-order valence-electron chi connectivity index (χ2n) is 9.81. The molecule has 3 amide bonds. The maximum atomic E-state index is 13.5. The monoisotopic (exact) mass is 555 g/mol. The summed E-state index contributed by atoms with van der Waals surface area (Å²) in [4.78, 5) is 39.4. The highest BCUT2D eigenvalue weighted by molar-refractivity contribution is 5.92. The highest BCUT2D eigenvalue weighted by atomic mass is 19.1. The fraction of sp³-hybridized carbons (Fsp3) is 0.242. The minimum Gasteiger partial charge on any atom is -0.382 e. The number of halogens is 1. The molecule has 4 aromatic rings.